The molecule has 114 valence electrons. The molecule has 0 spiro atoms. The van der Waals surface area contributed by atoms with Gasteiger partial charge in [-0.25, -0.2) is 0 Å². The number of hydrogen-bond donors (Lipinski definition) is 1. The highest BCUT2D eigenvalue weighted by atomic mass is 16.5. The summed E-state index contributed by atoms with van der Waals surface area (Å²) in [5.74, 6) is 0.537. The Labute approximate surface area is 123 Å². The highest BCUT2D eigenvalue weighted by molar-refractivity contribution is 5.17. The smallest absolute Gasteiger partial charge is 0.122 e. The minimum absolute atomic E-state index is 0.0479. The van der Waals surface area contributed by atoms with Crippen LogP contribution in [0.25, 0.3) is 0 Å². The van der Waals surface area contributed by atoms with Crippen molar-refractivity contribution in [3.63, 3.8) is 0 Å². The van der Waals surface area contributed by atoms with Crippen molar-refractivity contribution in [1.82, 2.24) is 10.2 Å². The van der Waals surface area contributed by atoms with Crippen LogP contribution < -0.4 is 5.32 Å². The second kappa shape index (κ2) is 6.43. The Morgan fingerprint density at radius 3 is 2.80 bits per heavy atom. The van der Waals surface area contributed by atoms with E-state index in [4.69, 9.17) is 4.74 Å². The maximum atomic E-state index is 9.76. The number of nitriles is 1. The molecule has 1 saturated heterocycles. The van der Waals surface area contributed by atoms with Gasteiger partial charge in [-0.05, 0) is 58.0 Å². The van der Waals surface area contributed by atoms with E-state index in [1.165, 1.54) is 12.8 Å². The average Bonchev–Trinajstić information content (AvgIpc) is 3.29. The largest absolute Gasteiger partial charge is 0.377 e. The molecule has 0 bridgehead atoms. The topological polar surface area (TPSA) is 48.3 Å². The first kappa shape index (κ1) is 15.8. The van der Waals surface area contributed by atoms with Gasteiger partial charge in [-0.1, -0.05) is 6.92 Å². The van der Waals surface area contributed by atoms with Gasteiger partial charge in [0, 0.05) is 20.2 Å². The molecule has 2 atom stereocenters. The van der Waals surface area contributed by atoms with Crippen molar-refractivity contribution in [2.45, 2.75) is 57.1 Å². The van der Waals surface area contributed by atoms with E-state index in [2.05, 4.69) is 30.1 Å². The zero-order chi connectivity index (χ0) is 14.6. The van der Waals surface area contributed by atoms with Crippen LogP contribution in [0.2, 0.25) is 0 Å². The van der Waals surface area contributed by atoms with E-state index in [-0.39, 0.29) is 11.1 Å². The summed E-state index contributed by atoms with van der Waals surface area (Å²) in [5, 5.41) is 13.3. The monoisotopic (exact) mass is 279 g/mol. The lowest BCUT2D eigenvalue weighted by atomic mass is 9.89. The van der Waals surface area contributed by atoms with E-state index in [9.17, 15) is 5.26 Å². The van der Waals surface area contributed by atoms with E-state index < -0.39 is 0 Å². The first-order valence-electron chi connectivity index (χ1n) is 8.01. The van der Waals surface area contributed by atoms with Gasteiger partial charge >= 0.3 is 0 Å². The molecule has 1 N–H and O–H groups in total. The Kier molecular flexibility index (Phi) is 5.06. The maximum Gasteiger partial charge on any atom is 0.122 e. The Balaban J connectivity index is 2.02. The van der Waals surface area contributed by atoms with Gasteiger partial charge in [-0.2, -0.15) is 5.26 Å². The molecule has 0 radical (unpaired) electrons. The number of piperidine rings is 1. The lowest BCUT2D eigenvalue weighted by Gasteiger charge is -2.43. The molecule has 1 aliphatic carbocycles. The molecule has 1 heterocycles. The van der Waals surface area contributed by atoms with Crippen LogP contribution in [0.5, 0.6) is 0 Å². The number of likely N-dealkylation sites (tertiary alicyclic amines) is 1. The van der Waals surface area contributed by atoms with Gasteiger partial charge in [0.25, 0.3) is 0 Å². The van der Waals surface area contributed by atoms with Gasteiger partial charge < -0.3 is 4.74 Å². The number of ether oxygens (including phenoxy) is 1. The van der Waals surface area contributed by atoms with Crippen molar-refractivity contribution in [2.75, 3.05) is 33.3 Å². The lowest BCUT2D eigenvalue weighted by molar-refractivity contribution is -0.0549. The Morgan fingerprint density at radius 1 is 1.50 bits per heavy atom. The number of hydrogen-bond acceptors (Lipinski definition) is 4. The normalized spacial score (nSPS) is 30.7. The molecule has 4 nitrogen and oxygen atoms in total. The van der Waals surface area contributed by atoms with Crippen LogP contribution in [0.1, 0.15) is 46.0 Å². The Bertz CT molecular complexity index is 363. The lowest BCUT2D eigenvalue weighted by Crippen LogP contribution is -2.58. The zero-order valence-corrected chi connectivity index (χ0v) is 13.2. The Hall–Kier alpha value is -0.630. The summed E-state index contributed by atoms with van der Waals surface area (Å²) in [7, 11) is 1.80. The molecule has 0 aromatic heterocycles. The molecule has 0 amide bonds. The van der Waals surface area contributed by atoms with Crippen LogP contribution in [0.3, 0.4) is 0 Å². The van der Waals surface area contributed by atoms with Gasteiger partial charge in [-0.3, -0.25) is 10.2 Å². The minimum atomic E-state index is -0.345. The van der Waals surface area contributed by atoms with Crippen LogP contribution >= 0.6 is 0 Å². The summed E-state index contributed by atoms with van der Waals surface area (Å²) in [6.07, 6.45) is 5.74. The summed E-state index contributed by atoms with van der Waals surface area (Å²) >= 11 is 0. The van der Waals surface area contributed by atoms with Gasteiger partial charge in [-0.15, -0.1) is 0 Å². The molecule has 2 unspecified atom stereocenters. The molecule has 1 saturated carbocycles. The third kappa shape index (κ3) is 3.52. The molecular weight excluding hydrogens is 250 g/mol. The molecule has 2 fully saturated rings. The van der Waals surface area contributed by atoms with Crippen LogP contribution in [0.15, 0.2) is 0 Å². The highest BCUT2D eigenvalue weighted by Gasteiger charge is 2.47. The summed E-state index contributed by atoms with van der Waals surface area (Å²) in [4.78, 5) is 2.43. The van der Waals surface area contributed by atoms with Crippen molar-refractivity contribution < 1.29 is 4.74 Å². The third-order valence-electron chi connectivity index (χ3n) is 4.87. The van der Waals surface area contributed by atoms with Crippen molar-refractivity contribution in [3.05, 3.63) is 0 Å². The van der Waals surface area contributed by atoms with Gasteiger partial charge in [0.15, 0.2) is 0 Å². The Morgan fingerprint density at radius 2 is 2.25 bits per heavy atom. The molecule has 4 heteroatoms. The van der Waals surface area contributed by atoms with Gasteiger partial charge in [0.2, 0.25) is 0 Å². The second-order valence-corrected chi connectivity index (χ2v) is 6.75. The molecule has 0 aromatic carbocycles. The third-order valence-corrected chi connectivity index (χ3v) is 4.87. The molecule has 0 aromatic rings. The minimum Gasteiger partial charge on any atom is -0.377 e. The summed E-state index contributed by atoms with van der Waals surface area (Å²) in [6, 6.07) is 2.61. The second-order valence-electron chi connectivity index (χ2n) is 6.75. The van der Waals surface area contributed by atoms with Gasteiger partial charge in [0.05, 0.1) is 11.7 Å². The fraction of sp³-hybridized carbons (Fsp3) is 0.938. The van der Waals surface area contributed by atoms with Crippen molar-refractivity contribution >= 4 is 0 Å². The van der Waals surface area contributed by atoms with Crippen LogP contribution in [-0.4, -0.2) is 49.3 Å². The first-order chi connectivity index (χ1) is 9.57. The summed E-state index contributed by atoms with van der Waals surface area (Å²) < 4.78 is 5.67. The first-order valence-corrected chi connectivity index (χ1v) is 8.01. The zero-order valence-electron chi connectivity index (χ0n) is 13.2. The van der Waals surface area contributed by atoms with Crippen molar-refractivity contribution in [3.8, 4) is 6.07 Å². The summed E-state index contributed by atoms with van der Waals surface area (Å²) in [6.45, 7) is 8.14. The van der Waals surface area contributed by atoms with E-state index in [0.29, 0.717) is 5.92 Å². The number of rotatable bonds is 7. The molecule has 2 aliphatic rings. The average molecular weight is 279 g/mol. The molecular formula is C16H29N3O. The molecule has 20 heavy (non-hydrogen) atoms. The quantitative estimate of drug-likeness (QED) is 0.776. The van der Waals surface area contributed by atoms with E-state index in [1.807, 2.05) is 0 Å². The predicted octanol–water partition coefficient (Wildman–Crippen LogP) is 2.16. The number of nitrogens with one attached hydrogen (secondary N) is 1. The van der Waals surface area contributed by atoms with Crippen LogP contribution in [0.4, 0.5) is 0 Å². The molecule has 1 aliphatic heterocycles. The standard InChI is InChI=1S/C16H29N3O/c1-4-9-18-16(11-17,14-6-7-14)13-19-10-5-8-15(2,12-19)20-3/h14,18H,4-10,12-13H2,1-3H3. The van der Waals surface area contributed by atoms with Crippen LogP contribution in [-0.2, 0) is 4.74 Å². The number of nitrogens with zero attached hydrogens (tertiary/aromatic N) is 2. The maximum absolute atomic E-state index is 9.76. The van der Waals surface area contributed by atoms with Crippen molar-refractivity contribution in [2.24, 2.45) is 5.92 Å². The fourth-order valence-electron chi connectivity index (χ4n) is 3.38. The van der Waals surface area contributed by atoms with E-state index in [0.717, 1.165) is 45.4 Å². The predicted molar refractivity (Wildman–Crippen MR) is 80.4 cm³/mol. The SMILES string of the molecule is CCCNC(C#N)(CN1CCCC(C)(OC)C1)C1CC1. The van der Waals surface area contributed by atoms with Crippen LogP contribution in [0, 0.1) is 17.2 Å². The van der Waals surface area contributed by atoms with E-state index >= 15 is 0 Å². The van der Waals surface area contributed by atoms with E-state index in [1.54, 1.807) is 7.11 Å². The molecule has 2 rings (SSSR count). The highest BCUT2D eigenvalue weighted by Crippen LogP contribution is 2.40. The summed E-state index contributed by atoms with van der Waals surface area (Å²) in [5.41, 5.74) is -0.393. The van der Waals surface area contributed by atoms with Crippen molar-refractivity contribution in [1.29, 1.82) is 5.26 Å². The fourth-order valence-corrected chi connectivity index (χ4v) is 3.38. The van der Waals surface area contributed by atoms with Gasteiger partial charge in [0.1, 0.15) is 5.54 Å². The number of methoxy groups -OCH3 is 1.